The third-order valence-corrected chi connectivity index (χ3v) is 5.36. The molecule has 6 heteroatoms. The van der Waals surface area contributed by atoms with Crippen molar-refractivity contribution in [2.24, 2.45) is 5.92 Å². The first-order valence-corrected chi connectivity index (χ1v) is 8.80. The maximum Gasteiger partial charge on any atom is 0.225 e. The summed E-state index contributed by atoms with van der Waals surface area (Å²) in [6, 6.07) is 9.87. The van der Waals surface area contributed by atoms with Gasteiger partial charge < -0.3 is 19.7 Å². The Hall–Kier alpha value is -1.92. The first kappa shape index (κ1) is 17.9. The Bertz CT molecular complexity index is 613. The summed E-state index contributed by atoms with van der Waals surface area (Å²) in [6.45, 7) is 4.01. The number of hydrogen-bond acceptors (Lipinski definition) is 4. The van der Waals surface area contributed by atoms with Crippen LogP contribution in [0.3, 0.4) is 0 Å². The summed E-state index contributed by atoms with van der Waals surface area (Å²) in [6.07, 6.45) is 1.03. The summed E-state index contributed by atoms with van der Waals surface area (Å²) in [5, 5.41) is 2.96. The number of benzene rings is 1. The van der Waals surface area contributed by atoms with E-state index in [0.717, 1.165) is 12.0 Å². The summed E-state index contributed by atoms with van der Waals surface area (Å²) >= 11 is 0. The van der Waals surface area contributed by atoms with E-state index in [1.807, 2.05) is 37.3 Å². The van der Waals surface area contributed by atoms with Crippen molar-refractivity contribution in [1.29, 1.82) is 0 Å². The Labute approximate surface area is 148 Å². The quantitative estimate of drug-likeness (QED) is 0.848. The zero-order chi connectivity index (χ0) is 17.9. The van der Waals surface area contributed by atoms with Crippen LogP contribution >= 0.6 is 0 Å². The highest BCUT2D eigenvalue weighted by molar-refractivity contribution is 5.89. The van der Waals surface area contributed by atoms with E-state index >= 15 is 0 Å². The van der Waals surface area contributed by atoms with Gasteiger partial charge in [0, 0.05) is 39.6 Å². The fourth-order valence-corrected chi connectivity index (χ4v) is 3.55. The lowest BCUT2D eigenvalue weighted by Gasteiger charge is -2.27. The minimum absolute atomic E-state index is 0.0277. The smallest absolute Gasteiger partial charge is 0.225 e. The molecule has 2 saturated heterocycles. The molecule has 2 heterocycles. The second kappa shape index (κ2) is 7.54. The second-order valence-electron chi connectivity index (χ2n) is 6.94. The largest absolute Gasteiger partial charge is 0.378 e. The van der Waals surface area contributed by atoms with Gasteiger partial charge in [-0.3, -0.25) is 9.59 Å². The normalized spacial score (nSPS) is 27.5. The molecule has 0 aromatic heterocycles. The lowest BCUT2D eigenvalue weighted by molar-refractivity contribution is -0.130. The van der Waals surface area contributed by atoms with E-state index < -0.39 is 5.60 Å². The lowest BCUT2D eigenvalue weighted by Crippen LogP contribution is -2.46. The molecule has 2 fully saturated rings. The molecule has 3 atom stereocenters. The van der Waals surface area contributed by atoms with Crippen LogP contribution in [0.25, 0.3) is 0 Å². The number of methoxy groups -OCH3 is 1. The molecule has 1 aromatic rings. The van der Waals surface area contributed by atoms with E-state index in [9.17, 15) is 9.59 Å². The van der Waals surface area contributed by atoms with Gasteiger partial charge in [-0.15, -0.1) is 0 Å². The molecule has 0 saturated carbocycles. The molecular formula is C19H26N2O4. The highest BCUT2D eigenvalue weighted by atomic mass is 16.5. The standard InChI is InChI=1S/C19H26N2O4/c1-14(15-6-4-3-5-7-15)21-11-16(10-17(21)22)18(23)20-12-19(24-2)8-9-25-13-19/h3-7,14,16H,8-13H2,1-2H3,(H,20,23). The van der Waals surface area contributed by atoms with Gasteiger partial charge in [-0.05, 0) is 12.5 Å². The summed E-state index contributed by atoms with van der Waals surface area (Å²) in [4.78, 5) is 26.7. The fourth-order valence-electron chi connectivity index (χ4n) is 3.55. The topological polar surface area (TPSA) is 67.9 Å². The number of nitrogens with one attached hydrogen (secondary N) is 1. The molecule has 136 valence electrons. The van der Waals surface area contributed by atoms with Gasteiger partial charge in [0.1, 0.15) is 5.60 Å². The van der Waals surface area contributed by atoms with Crippen molar-refractivity contribution >= 4 is 11.8 Å². The Morgan fingerprint density at radius 2 is 2.20 bits per heavy atom. The molecule has 25 heavy (non-hydrogen) atoms. The van der Waals surface area contributed by atoms with Gasteiger partial charge in [-0.2, -0.15) is 0 Å². The highest BCUT2D eigenvalue weighted by Crippen LogP contribution is 2.29. The van der Waals surface area contributed by atoms with Gasteiger partial charge in [0.25, 0.3) is 0 Å². The van der Waals surface area contributed by atoms with Gasteiger partial charge in [0.05, 0.1) is 18.6 Å². The number of nitrogens with zero attached hydrogens (tertiary/aromatic N) is 1. The van der Waals surface area contributed by atoms with Gasteiger partial charge in [-0.25, -0.2) is 0 Å². The average molecular weight is 346 g/mol. The first-order chi connectivity index (χ1) is 12.0. The molecule has 0 spiro atoms. The number of amides is 2. The fraction of sp³-hybridized carbons (Fsp3) is 0.579. The van der Waals surface area contributed by atoms with E-state index in [2.05, 4.69) is 5.32 Å². The van der Waals surface area contributed by atoms with E-state index in [1.165, 1.54) is 0 Å². The number of ether oxygens (including phenoxy) is 2. The van der Waals surface area contributed by atoms with Gasteiger partial charge in [0.15, 0.2) is 0 Å². The molecular weight excluding hydrogens is 320 g/mol. The van der Waals surface area contributed by atoms with E-state index in [4.69, 9.17) is 9.47 Å². The van der Waals surface area contributed by atoms with Crippen LogP contribution in [0.4, 0.5) is 0 Å². The van der Waals surface area contributed by atoms with Crippen molar-refractivity contribution in [3.05, 3.63) is 35.9 Å². The van der Waals surface area contributed by atoms with Crippen LogP contribution in [0.2, 0.25) is 0 Å². The van der Waals surface area contributed by atoms with E-state index in [0.29, 0.717) is 26.3 Å². The summed E-state index contributed by atoms with van der Waals surface area (Å²) in [5.74, 6) is -0.364. The third-order valence-electron chi connectivity index (χ3n) is 5.36. The SMILES string of the molecule is COC1(CNC(=O)C2CC(=O)N(C(C)c3ccccc3)C2)CCOC1. The maximum atomic E-state index is 12.5. The molecule has 0 radical (unpaired) electrons. The number of carbonyl (C=O) groups is 2. The highest BCUT2D eigenvalue weighted by Gasteiger charge is 2.39. The maximum absolute atomic E-state index is 12.5. The molecule has 0 bridgehead atoms. The van der Waals surface area contributed by atoms with Crippen LogP contribution in [-0.4, -0.2) is 55.7 Å². The van der Waals surface area contributed by atoms with E-state index in [1.54, 1.807) is 12.0 Å². The molecule has 1 aromatic carbocycles. The van der Waals surface area contributed by atoms with Crippen molar-refractivity contribution in [3.8, 4) is 0 Å². The minimum atomic E-state index is -0.435. The number of hydrogen-bond donors (Lipinski definition) is 1. The third kappa shape index (κ3) is 3.85. The Balaban J connectivity index is 1.57. The van der Waals surface area contributed by atoms with Crippen LogP contribution < -0.4 is 5.32 Å². The molecule has 3 unspecified atom stereocenters. The Kier molecular flexibility index (Phi) is 5.39. The van der Waals surface area contributed by atoms with Crippen LogP contribution in [-0.2, 0) is 19.1 Å². The zero-order valence-corrected chi connectivity index (χ0v) is 14.9. The summed E-state index contributed by atoms with van der Waals surface area (Å²) < 4.78 is 10.9. The van der Waals surface area contributed by atoms with Crippen molar-refractivity contribution in [2.75, 3.05) is 33.4 Å². The zero-order valence-electron chi connectivity index (χ0n) is 14.9. The van der Waals surface area contributed by atoms with E-state index in [-0.39, 0.29) is 30.2 Å². The molecule has 1 N–H and O–H groups in total. The molecule has 2 amide bonds. The van der Waals surface area contributed by atoms with Crippen LogP contribution in [0.1, 0.15) is 31.4 Å². The molecule has 3 rings (SSSR count). The van der Waals surface area contributed by atoms with Gasteiger partial charge in [-0.1, -0.05) is 30.3 Å². The summed E-state index contributed by atoms with van der Waals surface area (Å²) in [5.41, 5.74) is 0.647. The van der Waals surface area contributed by atoms with Crippen LogP contribution in [0, 0.1) is 5.92 Å². The number of rotatable bonds is 6. The molecule has 2 aliphatic rings. The van der Waals surface area contributed by atoms with Gasteiger partial charge in [0.2, 0.25) is 11.8 Å². The molecule has 0 aliphatic carbocycles. The van der Waals surface area contributed by atoms with Crippen LogP contribution in [0.5, 0.6) is 0 Å². The van der Waals surface area contributed by atoms with Crippen LogP contribution in [0.15, 0.2) is 30.3 Å². The Morgan fingerprint density at radius 3 is 2.84 bits per heavy atom. The molecule has 2 aliphatic heterocycles. The predicted molar refractivity (Wildman–Crippen MR) is 92.9 cm³/mol. The average Bonchev–Trinajstić information content (AvgIpc) is 3.27. The lowest BCUT2D eigenvalue weighted by atomic mass is 10.0. The van der Waals surface area contributed by atoms with Crippen molar-refractivity contribution < 1.29 is 19.1 Å². The van der Waals surface area contributed by atoms with Crippen molar-refractivity contribution in [2.45, 2.75) is 31.4 Å². The minimum Gasteiger partial charge on any atom is -0.378 e. The van der Waals surface area contributed by atoms with Gasteiger partial charge >= 0.3 is 0 Å². The van der Waals surface area contributed by atoms with Crippen molar-refractivity contribution in [1.82, 2.24) is 10.2 Å². The Morgan fingerprint density at radius 1 is 1.44 bits per heavy atom. The predicted octanol–water partition coefficient (Wildman–Crippen LogP) is 1.52. The first-order valence-electron chi connectivity index (χ1n) is 8.80. The second-order valence-corrected chi connectivity index (χ2v) is 6.94. The van der Waals surface area contributed by atoms with Crippen molar-refractivity contribution in [3.63, 3.8) is 0 Å². The molecule has 6 nitrogen and oxygen atoms in total. The summed E-state index contributed by atoms with van der Waals surface area (Å²) in [7, 11) is 1.64. The number of likely N-dealkylation sites (tertiary alicyclic amines) is 1. The monoisotopic (exact) mass is 346 g/mol. The number of carbonyl (C=O) groups excluding carboxylic acids is 2.